The third-order valence-corrected chi connectivity index (χ3v) is 4.29. The average Bonchev–Trinajstić information content (AvgIpc) is 2.66. The van der Waals surface area contributed by atoms with Crippen LogP contribution in [0.15, 0.2) is 0 Å². The third-order valence-electron chi connectivity index (χ3n) is 4.29. The molecule has 0 amide bonds. The molecule has 1 aliphatic carbocycles. The molecule has 1 aliphatic heterocycles. The highest BCUT2D eigenvalue weighted by molar-refractivity contribution is 4.91. The van der Waals surface area contributed by atoms with E-state index in [4.69, 9.17) is 5.73 Å². The first-order chi connectivity index (χ1) is 7.12. The first-order valence-corrected chi connectivity index (χ1v) is 6.56. The molecule has 1 heterocycles. The molecule has 2 heteroatoms. The van der Waals surface area contributed by atoms with E-state index in [1.165, 1.54) is 45.2 Å². The van der Waals surface area contributed by atoms with E-state index in [9.17, 15) is 0 Å². The molecule has 2 nitrogen and oxygen atoms in total. The number of fused-ring (bicyclic) bond motifs is 1. The summed E-state index contributed by atoms with van der Waals surface area (Å²) in [5, 5.41) is 0. The molecule has 1 saturated carbocycles. The van der Waals surface area contributed by atoms with E-state index in [1.54, 1.807) is 0 Å². The van der Waals surface area contributed by atoms with Gasteiger partial charge in [0.1, 0.15) is 0 Å². The summed E-state index contributed by atoms with van der Waals surface area (Å²) >= 11 is 0. The molecule has 0 spiro atoms. The Morgan fingerprint density at radius 1 is 1.20 bits per heavy atom. The Hall–Kier alpha value is -0.0800. The van der Waals surface area contributed by atoms with Crippen molar-refractivity contribution in [2.24, 2.45) is 17.1 Å². The second-order valence-electron chi connectivity index (χ2n) is 6.24. The molecule has 0 bridgehead atoms. The predicted octanol–water partition coefficient (Wildman–Crippen LogP) is 2.24. The summed E-state index contributed by atoms with van der Waals surface area (Å²) < 4.78 is 0. The number of hydrogen-bond acceptors (Lipinski definition) is 2. The Kier molecular flexibility index (Phi) is 3.36. The van der Waals surface area contributed by atoms with Crippen molar-refractivity contribution in [3.63, 3.8) is 0 Å². The zero-order valence-electron chi connectivity index (χ0n) is 10.3. The van der Waals surface area contributed by atoms with Crippen molar-refractivity contribution in [3.05, 3.63) is 0 Å². The minimum atomic E-state index is 0.296. The van der Waals surface area contributed by atoms with Gasteiger partial charge in [-0.1, -0.05) is 20.3 Å². The van der Waals surface area contributed by atoms with Crippen molar-refractivity contribution in [2.75, 3.05) is 19.6 Å². The molecule has 15 heavy (non-hydrogen) atoms. The van der Waals surface area contributed by atoms with Crippen LogP contribution < -0.4 is 5.73 Å². The molecule has 2 atom stereocenters. The summed E-state index contributed by atoms with van der Waals surface area (Å²) in [5.41, 5.74) is 6.13. The Labute approximate surface area is 94.2 Å². The molecule has 0 aromatic rings. The molecule has 2 rings (SSSR count). The van der Waals surface area contributed by atoms with Gasteiger partial charge in [-0.15, -0.1) is 0 Å². The van der Waals surface area contributed by atoms with Crippen molar-refractivity contribution < 1.29 is 0 Å². The second-order valence-corrected chi connectivity index (χ2v) is 6.24. The van der Waals surface area contributed by atoms with E-state index < -0.39 is 0 Å². The SMILES string of the molecule is CC(C)(CN)CN1CCCC2CCCC21. The molecule has 0 aromatic carbocycles. The number of piperidine rings is 1. The van der Waals surface area contributed by atoms with Gasteiger partial charge in [-0.25, -0.2) is 0 Å². The summed E-state index contributed by atoms with van der Waals surface area (Å²) in [6, 6.07) is 0.893. The van der Waals surface area contributed by atoms with E-state index in [1.807, 2.05) is 0 Å². The topological polar surface area (TPSA) is 29.3 Å². The van der Waals surface area contributed by atoms with Crippen LogP contribution in [0.2, 0.25) is 0 Å². The van der Waals surface area contributed by atoms with Gasteiger partial charge in [0.25, 0.3) is 0 Å². The van der Waals surface area contributed by atoms with Crippen LogP contribution in [0, 0.1) is 11.3 Å². The van der Waals surface area contributed by atoms with Crippen LogP contribution in [-0.4, -0.2) is 30.6 Å². The predicted molar refractivity (Wildman–Crippen MR) is 64.8 cm³/mol. The highest BCUT2D eigenvalue weighted by Crippen LogP contribution is 2.37. The normalized spacial score (nSPS) is 33.0. The zero-order chi connectivity index (χ0) is 10.9. The van der Waals surface area contributed by atoms with Gasteiger partial charge in [0, 0.05) is 12.6 Å². The molecule has 0 aromatic heterocycles. The third kappa shape index (κ3) is 2.54. The van der Waals surface area contributed by atoms with Crippen molar-refractivity contribution in [1.29, 1.82) is 0 Å². The molecule has 0 radical (unpaired) electrons. The monoisotopic (exact) mass is 210 g/mol. The molecule has 2 N–H and O–H groups in total. The fourth-order valence-electron chi connectivity index (χ4n) is 3.37. The average molecular weight is 210 g/mol. The number of rotatable bonds is 3. The summed E-state index contributed by atoms with van der Waals surface area (Å²) in [6.45, 7) is 7.91. The molecule has 88 valence electrons. The molecular weight excluding hydrogens is 184 g/mol. The number of nitrogens with zero attached hydrogens (tertiary/aromatic N) is 1. The van der Waals surface area contributed by atoms with Crippen LogP contribution in [-0.2, 0) is 0 Å². The van der Waals surface area contributed by atoms with Gasteiger partial charge >= 0.3 is 0 Å². The lowest BCUT2D eigenvalue weighted by Crippen LogP contribution is -2.48. The van der Waals surface area contributed by atoms with Crippen LogP contribution in [0.5, 0.6) is 0 Å². The minimum absolute atomic E-state index is 0.296. The van der Waals surface area contributed by atoms with Gasteiger partial charge < -0.3 is 5.73 Å². The first kappa shape index (κ1) is 11.4. The van der Waals surface area contributed by atoms with E-state index in [-0.39, 0.29) is 0 Å². The van der Waals surface area contributed by atoms with Gasteiger partial charge in [0.2, 0.25) is 0 Å². The van der Waals surface area contributed by atoms with Gasteiger partial charge in [0.05, 0.1) is 0 Å². The lowest BCUT2D eigenvalue weighted by molar-refractivity contribution is 0.0741. The van der Waals surface area contributed by atoms with Crippen molar-refractivity contribution >= 4 is 0 Å². The summed E-state index contributed by atoms with van der Waals surface area (Å²) in [6.07, 6.45) is 7.25. The van der Waals surface area contributed by atoms with Gasteiger partial charge in [0.15, 0.2) is 0 Å². The highest BCUT2D eigenvalue weighted by atomic mass is 15.2. The lowest BCUT2D eigenvalue weighted by Gasteiger charge is -2.41. The van der Waals surface area contributed by atoms with Gasteiger partial charge in [-0.2, -0.15) is 0 Å². The van der Waals surface area contributed by atoms with E-state index in [2.05, 4.69) is 18.7 Å². The maximum atomic E-state index is 5.83. The Morgan fingerprint density at radius 3 is 2.67 bits per heavy atom. The van der Waals surface area contributed by atoms with Crippen LogP contribution in [0.4, 0.5) is 0 Å². The maximum absolute atomic E-state index is 5.83. The van der Waals surface area contributed by atoms with Gasteiger partial charge in [-0.05, 0) is 50.1 Å². The second kappa shape index (κ2) is 4.42. The zero-order valence-corrected chi connectivity index (χ0v) is 10.3. The van der Waals surface area contributed by atoms with Crippen LogP contribution in [0.1, 0.15) is 46.0 Å². The maximum Gasteiger partial charge on any atom is 0.0124 e. The summed E-state index contributed by atoms with van der Waals surface area (Å²) in [5.74, 6) is 1.01. The molecule has 1 saturated heterocycles. The summed E-state index contributed by atoms with van der Waals surface area (Å²) in [4.78, 5) is 2.73. The largest absolute Gasteiger partial charge is 0.330 e. The van der Waals surface area contributed by atoms with E-state index in [0.29, 0.717) is 5.41 Å². The van der Waals surface area contributed by atoms with Crippen LogP contribution in [0.25, 0.3) is 0 Å². The molecule has 2 fully saturated rings. The lowest BCUT2D eigenvalue weighted by atomic mass is 9.87. The first-order valence-electron chi connectivity index (χ1n) is 6.56. The summed E-state index contributed by atoms with van der Waals surface area (Å²) in [7, 11) is 0. The van der Waals surface area contributed by atoms with E-state index >= 15 is 0 Å². The number of likely N-dealkylation sites (tertiary alicyclic amines) is 1. The molecular formula is C13H26N2. The van der Waals surface area contributed by atoms with Crippen molar-refractivity contribution in [1.82, 2.24) is 4.90 Å². The Morgan fingerprint density at radius 2 is 1.93 bits per heavy atom. The van der Waals surface area contributed by atoms with Crippen LogP contribution >= 0.6 is 0 Å². The minimum Gasteiger partial charge on any atom is -0.330 e. The Balaban J connectivity index is 1.96. The van der Waals surface area contributed by atoms with Crippen LogP contribution in [0.3, 0.4) is 0 Å². The fourth-order valence-corrected chi connectivity index (χ4v) is 3.37. The molecule has 2 aliphatic rings. The quantitative estimate of drug-likeness (QED) is 0.774. The van der Waals surface area contributed by atoms with E-state index in [0.717, 1.165) is 18.5 Å². The number of hydrogen-bond donors (Lipinski definition) is 1. The standard InChI is InChI=1S/C13H26N2/c1-13(2,9-14)10-15-8-4-6-11-5-3-7-12(11)15/h11-12H,3-10,14H2,1-2H3. The fraction of sp³-hybridized carbons (Fsp3) is 1.00. The molecule has 2 unspecified atom stereocenters. The number of nitrogens with two attached hydrogens (primary N) is 1. The highest BCUT2D eigenvalue weighted by Gasteiger charge is 2.36. The van der Waals surface area contributed by atoms with Gasteiger partial charge in [-0.3, -0.25) is 4.90 Å². The Bertz CT molecular complexity index is 213. The smallest absolute Gasteiger partial charge is 0.0124 e. The van der Waals surface area contributed by atoms with Crippen molar-refractivity contribution in [2.45, 2.75) is 52.0 Å². The van der Waals surface area contributed by atoms with Crippen molar-refractivity contribution in [3.8, 4) is 0 Å².